The van der Waals surface area contributed by atoms with E-state index >= 15 is 0 Å². The molecule has 0 unspecified atom stereocenters. The monoisotopic (exact) mass is 248 g/mol. The van der Waals surface area contributed by atoms with E-state index in [-0.39, 0.29) is 0 Å². The molecule has 0 radical (unpaired) electrons. The Balaban J connectivity index is 1.97. The van der Waals surface area contributed by atoms with Crippen molar-refractivity contribution >= 4 is 5.95 Å². The third-order valence-corrected chi connectivity index (χ3v) is 4.23. The molecule has 100 valence electrons. The van der Waals surface area contributed by atoms with Gasteiger partial charge in [0.05, 0.1) is 0 Å². The van der Waals surface area contributed by atoms with E-state index in [0.717, 1.165) is 31.0 Å². The zero-order valence-electron chi connectivity index (χ0n) is 11.5. The van der Waals surface area contributed by atoms with Crippen molar-refractivity contribution in [3.8, 4) is 0 Å². The van der Waals surface area contributed by atoms with E-state index in [1.54, 1.807) is 0 Å². The first-order chi connectivity index (χ1) is 8.67. The third-order valence-electron chi connectivity index (χ3n) is 4.23. The van der Waals surface area contributed by atoms with Gasteiger partial charge in [-0.25, -0.2) is 9.97 Å². The fourth-order valence-electron chi connectivity index (χ4n) is 2.41. The van der Waals surface area contributed by atoms with Crippen molar-refractivity contribution in [3.63, 3.8) is 0 Å². The van der Waals surface area contributed by atoms with Crippen LogP contribution in [0.2, 0.25) is 0 Å². The molecule has 1 aromatic heterocycles. The molecule has 0 aromatic carbocycles. The van der Waals surface area contributed by atoms with Crippen molar-refractivity contribution in [2.24, 2.45) is 11.1 Å². The number of hydrogen-bond acceptors (Lipinski definition) is 4. The van der Waals surface area contributed by atoms with Gasteiger partial charge in [0.1, 0.15) is 0 Å². The molecule has 1 fully saturated rings. The van der Waals surface area contributed by atoms with Gasteiger partial charge in [-0.15, -0.1) is 0 Å². The molecular formula is C14H24N4. The van der Waals surface area contributed by atoms with Crippen LogP contribution < -0.4 is 10.6 Å². The molecule has 2 rings (SSSR count). The summed E-state index contributed by atoms with van der Waals surface area (Å²) in [6, 6.07) is 0. The molecule has 2 N–H and O–H groups in total. The van der Waals surface area contributed by atoms with Gasteiger partial charge >= 0.3 is 0 Å². The van der Waals surface area contributed by atoms with E-state index in [4.69, 9.17) is 5.73 Å². The number of anilines is 1. The van der Waals surface area contributed by atoms with Gasteiger partial charge in [-0.1, -0.05) is 20.3 Å². The normalized spacial score (nSPS) is 18.9. The van der Waals surface area contributed by atoms with Gasteiger partial charge in [0, 0.05) is 25.5 Å². The van der Waals surface area contributed by atoms with Gasteiger partial charge in [0.2, 0.25) is 5.95 Å². The van der Waals surface area contributed by atoms with Crippen LogP contribution in [-0.2, 0) is 6.42 Å². The molecule has 18 heavy (non-hydrogen) atoms. The van der Waals surface area contributed by atoms with E-state index in [9.17, 15) is 0 Å². The highest BCUT2D eigenvalue weighted by atomic mass is 15.2. The van der Waals surface area contributed by atoms with E-state index < -0.39 is 0 Å². The van der Waals surface area contributed by atoms with Crippen LogP contribution >= 0.6 is 0 Å². The number of nitrogens with zero attached hydrogens (tertiary/aromatic N) is 3. The van der Waals surface area contributed by atoms with Crippen LogP contribution in [0.15, 0.2) is 12.4 Å². The summed E-state index contributed by atoms with van der Waals surface area (Å²) in [5.41, 5.74) is 7.15. The first kappa shape index (κ1) is 13.3. The number of nitrogens with two attached hydrogens (primary N) is 1. The maximum atomic E-state index is 5.52. The Morgan fingerprint density at radius 2 is 1.89 bits per heavy atom. The van der Waals surface area contributed by atoms with Crippen molar-refractivity contribution in [3.05, 3.63) is 18.0 Å². The maximum absolute atomic E-state index is 5.52. The molecule has 0 saturated carbocycles. The average Bonchev–Trinajstić information content (AvgIpc) is 2.41. The van der Waals surface area contributed by atoms with Crippen LogP contribution in [0.1, 0.15) is 38.7 Å². The topological polar surface area (TPSA) is 55.0 Å². The molecule has 4 heteroatoms. The molecule has 0 aliphatic carbocycles. The molecule has 1 aliphatic rings. The Bertz CT molecular complexity index is 366. The summed E-state index contributed by atoms with van der Waals surface area (Å²) in [7, 11) is 0. The summed E-state index contributed by atoms with van der Waals surface area (Å²) in [5, 5.41) is 0. The lowest BCUT2D eigenvalue weighted by Gasteiger charge is -2.38. The Labute approximate surface area is 110 Å². The molecule has 4 nitrogen and oxygen atoms in total. The smallest absolute Gasteiger partial charge is 0.225 e. The number of rotatable bonds is 4. The summed E-state index contributed by atoms with van der Waals surface area (Å²) < 4.78 is 0. The van der Waals surface area contributed by atoms with Crippen molar-refractivity contribution in [1.29, 1.82) is 0 Å². The van der Waals surface area contributed by atoms with Gasteiger partial charge in [-0.05, 0) is 36.8 Å². The Hall–Kier alpha value is -1.16. The summed E-state index contributed by atoms with van der Waals surface area (Å²) in [5.74, 6) is 0.869. The van der Waals surface area contributed by atoms with Crippen LogP contribution in [0.25, 0.3) is 0 Å². The number of hydrogen-bond donors (Lipinski definition) is 1. The second-order valence-electron chi connectivity index (χ2n) is 5.58. The number of piperidine rings is 1. The molecule has 0 spiro atoms. The largest absolute Gasteiger partial charge is 0.341 e. The fourth-order valence-corrected chi connectivity index (χ4v) is 2.41. The summed E-state index contributed by atoms with van der Waals surface area (Å²) in [6.07, 6.45) is 8.39. The van der Waals surface area contributed by atoms with Crippen LogP contribution in [0, 0.1) is 5.41 Å². The number of aromatic nitrogens is 2. The zero-order valence-corrected chi connectivity index (χ0v) is 11.5. The highest BCUT2D eigenvalue weighted by Gasteiger charge is 2.29. The predicted molar refractivity (Wildman–Crippen MR) is 74.6 cm³/mol. The van der Waals surface area contributed by atoms with Gasteiger partial charge in [-0.2, -0.15) is 0 Å². The fraction of sp³-hybridized carbons (Fsp3) is 0.714. The van der Waals surface area contributed by atoms with Crippen molar-refractivity contribution < 1.29 is 0 Å². The minimum absolute atomic E-state index is 0.510. The van der Waals surface area contributed by atoms with Crippen LogP contribution in [-0.4, -0.2) is 29.6 Å². The second kappa shape index (κ2) is 5.65. The molecule has 0 amide bonds. The van der Waals surface area contributed by atoms with E-state index in [1.165, 1.54) is 19.3 Å². The molecule has 0 bridgehead atoms. The molecule has 1 aromatic rings. The first-order valence-electron chi connectivity index (χ1n) is 6.93. The predicted octanol–water partition coefficient (Wildman–Crippen LogP) is 1.99. The van der Waals surface area contributed by atoms with Gasteiger partial charge in [0.25, 0.3) is 0 Å². The molecule has 1 saturated heterocycles. The first-order valence-corrected chi connectivity index (χ1v) is 6.93. The Kier molecular flexibility index (Phi) is 4.17. The highest BCUT2D eigenvalue weighted by molar-refractivity contribution is 5.30. The summed E-state index contributed by atoms with van der Waals surface area (Å²) in [4.78, 5) is 11.2. The van der Waals surface area contributed by atoms with E-state index in [2.05, 4.69) is 28.7 Å². The third kappa shape index (κ3) is 2.99. The Morgan fingerprint density at radius 3 is 2.39 bits per heavy atom. The SMILES string of the molecule is CCC1(C)CCN(c2ncc(CCN)cn2)CC1. The lowest BCUT2D eigenvalue weighted by molar-refractivity contribution is 0.237. The molecular weight excluding hydrogens is 224 g/mol. The Morgan fingerprint density at radius 1 is 1.28 bits per heavy atom. The lowest BCUT2D eigenvalue weighted by atomic mass is 9.78. The van der Waals surface area contributed by atoms with Crippen molar-refractivity contribution in [1.82, 2.24) is 9.97 Å². The van der Waals surface area contributed by atoms with Crippen molar-refractivity contribution in [2.45, 2.75) is 39.5 Å². The lowest BCUT2D eigenvalue weighted by Crippen LogP contribution is -2.39. The second-order valence-corrected chi connectivity index (χ2v) is 5.58. The van der Waals surface area contributed by atoms with E-state index in [0.29, 0.717) is 12.0 Å². The highest BCUT2D eigenvalue weighted by Crippen LogP contribution is 2.34. The average molecular weight is 248 g/mol. The van der Waals surface area contributed by atoms with Gasteiger partial charge in [-0.3, -0.25) is 0 Å². The summed E-state index contributed by atoms with van der Waals surface area (Å²) in [6.45, 7) is 7.46. The standard InChI is InChI=1S/C14H24N4/c1-3-14(2)5-8-18(9-6-14)13-16-10-12(4-7-15)11-17-13/h10-11H,3-9,15H2,1-2H3. The van der Waals surface area contributed by atoms with Crippen molar-refractivity contribution in [2.75, 3.05) is 24.5 Å². The van der Waals surface area contributed by atoms with Crippen LogP contribution in [0.3, 0.4) is 0 Å². The van der Waals surface area contributed by atoms with Gasteiger partial charge in [0.15, 0.2) is 0 Å². The zero-order chi connectivity index (χ0) is 13.0. The molecule has 1 aliphatic heterocycles. The van der Waals surface area contributed by atoms with Crippen LogP contribution in [0.5, 0.6) is 0 Å². The molecule has 0 atom stereocenters. The van der Waals surface area contributed by atoms with Gasteiger partial charge < -0.3 is 10.6 Å². The molecule has 2 heterocycles. The quantitative estimate of drug-likeness (QED) is 0.885. The maximum Gasteiger partial charge on any atom is 0.225 e. The van der Waals surface area contributed by atoms with E-state index in [1.807, 2.05) is 12.4 Å². The van der Waals surface area contributed by atoms with Crippen LogP contribution in [0.4, 0.5) is 5.95 Å². The minimum Gasteiger partial charge on any atom is -0.341 e. The summed E-state index contributed by atoms with van der Waals surface area (Å²) >= 11 is 0. The minimum atomic E-state index is 0.510.